The number of hydrogen-bond acceptors (Lipinski definition) is 4. The van der Waals surface area contributed by atoms with Gasteiger partial charge in [-0.3, -0.25) is 4.79 Å². The molecule has 0 spiro atoms. The summed E-state index contributed by atoms with van der Waals surface area (Å²) in [6.45, 7) is 0. The summed E-state index contributed by atoms with van der Waals surface area (Å²) in [4.78, 5) is 24.2. The van der Waals surface area contributed by atoms with Crippen LogP contribution in [-0.4, -0.2) is 24.5 Å². The van der Waals surface area contributed by atoms with Crippen LogP contribution in [0.5, 0.6) is 0 Å². The van der Waals surface area contributed by atoms with Crippen molar-refractivity contribution in [1.82, 2.24) is 5.32 Å². The summed E-state index contributed by atoms with van der Waals surface area (Å²) in [5.41, 5.74) is 5.94. The minimum absolute atomic E-state index is 0.283. The Hall–Kier alpha value is -1.88. The highest BCUT2D eigenvalue weighted by molar-refractivity contribution is 5.91. The lowest BCUT2D eigenvalue weighted by Gasteiger charge is -2.25. The van der Waals surface area contributed by atoms with Gasteiger partial charge in [0.1, 0.15) is 0 Å². The number of nitrogens with two attached hydrogens (primary N) is 1. The van der Waals surface area contributed by atoms with Gasteiger partial charge in [0.2, 0.25) is 5.91 Å². The van der Waals surface area contributed by atoms with Crippen LogP contribution in [0.1, 0.15) is 37.3 Å². The standard InChI is InChI=1S/C15H20N2O3/c1-20-13(18)12(11-7-3-2-4-8-11)17-14(19)15(16)9-5-6-10-15/h2-4,7-8,12H,5-6,9-10,16H2,1H3,(H,17,19). The van der Waals surface area contributed by atoms with Gasteiger partial charge >= 0.3 is 5.97 Å². The van der Waals surface area contributed by atoms with Crippen molar-refractivity contribution in [3.8, 4) is 0 Å². The van der Waals surface area contributed by atoms with E-state index in [-0.39, 0.29) is 5.91 Å². The highest BCUT2D eigenvalue weighted by Crippen LogP contribution is 2.28. The number of esters is 1. The molecule has 1 aromatic rings. The minimum Gasteiger partial charge on any atom is -0.467 e. The van der Waals surface area contributed by atoms with Crippen LogP contribution in [-0.2, 0) is 14.3 Å². The predicted molar refractivity (Wildman–Crippen MR) is 74.7 cm³/mol. The van der Waals surface area contributed by atoms with E-state index in [1.165, 1.54) is 7.11 Å². The van der Waals surface area contributed by atoms with E-state index in [1.807, 2.05) is 18.2 Å². The first-order chi connectivity index (χ1) is 9.57. The van der Waals surface area contributed by atoms with Crippen molar-refractivity contribution in [3.05, 3.63) is 35.9 Å². The Labute approximate surface area is 118 Å². The van der Waals surface area contributed by atoms with E-state index in [0.29, 0.717) is 18.4 Å². The minimum atomic E-state index is -0.860. The van der Waals surface area contributed by atoms with Crippen molar-refractivity contribution in [2.75, 3.05) is 7.11 Å². The van der Waals surface area contributed by atoms with E-state index < -0.39 is 17.6 Å². The second-order valence-corrected chi connectivity index (χ2v) is 5.20. The average molecular weight is 276 g/mol. The maximum atomic E-state index is 12.3. The van der Waals surface area contributed by atoms with Gasteiger partial charge in [-0.1, -0.05) is 43.2 Å². The molecule has 5 nitrogen and oxygen atoms in total. The van der Waals surface area contributed by atoms with E-state index in [4.69, 9.17) is 10.5 Å². The Kier molecular flexibility index (Phi) is 4.39. The first-order valence-electron chi connectivity index (χ1n) is 6.79. The molecular formula is C15H20N2O3. The second kappa shape index (κ2) is 6.05. The largest absolute Gasteiger partial charge is 0.467 e. The number of benzene rings is 1. The highest BCUT2D eigenvalue weighted by atomic mass is 16.5. The first kappa shape index (κ1) is 14.5. The molecule has 1 unspecified atom stereocenters. The number of carbonyl (C=O) groups is 2. The molecule has 1 aromatic carbocycles. The molecule has 0 heterocycles. The van der Waals surface area contributed by atoms with Gasteiger partial charge in [-0.25, -0.2) is 4.79 Å². The molecule has 20 heavy (non-hydrogen) atoms. The van der Waals surface area contributed by atoms with Gasteiger partial charge in [-0.05, 0) is 18.4 Å². The number of carbonyl (C=O) groups excluding carboxylic acids is 2. The Morgan fingerprint density at radius 3 is 2.40 bits per heavy atom. The van der Waals surface area contributed by atoms with Crippen LogP contribution < -0.4 is 11.1 Å². The SMILES string of the molecule is COC(=O)C(NC(=O)C1(N)CCCC1)c1ccccc1. The maximum Gasteiger partial charge on any atom is 0.333 e. The van der Waals surface area contributed by atoms with Crippen LogP contribution in [0.4, 0.5) is 0 Å². The molecular weight excluding hydrogens is 256 g/mol. The average Bonchev–Trinajstić information content (AvgIpc) is 2.93. The third kappa shape index (κ3) is 2.99. The summed E-state index contributed by atoms with van der Waals surface area (Å²) in [6.07, 6.45) is 3.19. The van der Waals surface area contributed by atoms with Crippen molar-refractivity contribution in [2.45, 2.75) is 37.3 Å². The number of nitrogens with one attached hydrogen (secondary N) is 1. The molecule has 1 fully saturated rings. The zero-order chi connectivity index (χ0) is 14.6. The summed E-state index contributed by atoms with van der Waals surface area (Å²) in [6, 6.07) is 8.21. The van der Waals surface area contributed by atoms with Crippen LogP contribution in [0.2, 0.25) is 0 Å². The number of rotatable bonds is 4. The molecule has 3 N–H and O–H groups in total. The van der Waals surface area contributed by atoms with Crippen molar-refractivity contribution in [1.29, 1.82) is 0 Å². The number of hydrogen-bond donors (Lipinski definition) is 2. The molecule has 0 aromatic heterocycles. The van der Waals surface area contributed by atoms with Gasteiger partial charge in [0.05, 0.1) is 12.6 Å². The highest BCUT2D eigenvalue weighted by Gasteiger charge is 2.39. The molecule has 1 aliphatic carbocycles. The van der Waals surface area contributed by atoms with Crippen LogP contribution in [0, 0.1) is 0 Å². The summed E-state index contributed by atoms with van der Waals surface area (Å²) >= 11 is 0. The number of methoxy groups -OCH3 is 1. The lowest BCUT2D eigenvalue weighted by Crippen LogP contribution is -2.53. The van der Waals surface area contributed by atoms with Gasteiger partial charge in [0.25, 0.3) is 0 Å². The lowest BCUT2D eigenvalue weighted by molar-refractivity contribution is -0.146. The lowest BCUT2D eigenvalue weighted by atomic mass is 9.96. The van der Waals surface area contributed by atoms with Crippen LogP contribution in [0.15, 0.2) is 30.3 Å². The normalized spacial score (nSPS) is 18.3. The molecule has 1 amide bonds. The topological polar surface area (TPSA) is 81.4 Å². The Balaban J connectivity index is 2.16. The summed E-state index contributed by atoms with van der Waals surface area (Å²) < 4.78 is 4.77. The van der Waals surface area contributed by atoms with Gasteiger partial charge < -0.3 is 15.8 Å². The van der Waals surface area contributed by atoms with Crippen molar-refractivity contribution in [2.24, 2.45) is 5.73 Å². The van der Waals surface area contributed by atoms with E-state index in [2.05, 4.69) is 5.32 Å². The van der Waals surface area contributed by atoms with Gasteiger partial charge in [0.15, 0.2) is 6.04 Å². The fraction of sp³-hybridized carbons (Fsp3) is 0.467. The Morgan fingerprint density at radius 1 is 1.25 bits per heavy atom. The van der Waals surface area contributed by atoms with Crippen molar-refractivity contribution >= 4 is 11.9 Å². The van der Waals surface area contributed by atoms with Gasteiger partial charge in [-0.2, -0.15) is 0 Å². The third-order valence-electron chi connectivity index (χ3n) is 3.79. The zero-order valence-corrected chi connectivity index (χ0v) is 11.6. The van der Waals surface area contributed by atoms with Crippen molar-refractivity contribution < 1.29 is 14.3 Å². The molecule has 2 rings (SSSR count). The first-order valence-corrected chi connectivity index (χ1v) is 6.79. The second-order valence-electron chi connectivity index (χ2n) is 5.20. The van der Waals surface area contributed by atoms with Crippen LogP contribution >= 0.6 is 0 Å². The maximum absolute atomic E-state index is 12.3. The summed E-state index contributed by atoms with van der Waals surface area (Å²) in [5.74, 6) is -0.777. The van der Waals surface area contributed by atoms with E-state index in [1.54, 1.807) is 12.1 Å². The third-order valence-corrected chi connectivity index (χ3v) is 3.79. The zero-order valence-electron chi connectivity index (χ0n) is 11.6. The van der Waals surface area contributed by atoms with Gasteiger partial charge in [0, 0.05) is 0 Å². The van der Waals surface area contributed by atoms with Crippen LogP contribution in [0.25, 0.3) is 0 Å². The molecule has 0 aliphatic heterocycles. The Bertz CT molecular complexity index is 481. The fourth-order valence-electron chi connectivity index (χ4n) is 2.55. The molecule has 0 radical (unpaired) electrons. The smallest absolute Gasteiger partial charge is 0.333 e. The van der Waals surface area contributed by atoms with E-state index >= 15 is 0 Å². The summed E-state index contributed by atoms with van der Waals surface area (Å²) in [7, 11) is 1.30. The number of ether oxygens (including phenoxy) is 1. The number of amides is 1. The van der Waals surface area contributed by atoms with E-state index in [0.717, 1.165) is 12.8 Å². The van der Waals surface area contributed by atoms with Crippen LogP contribution in [0.3, 0.4) is 0 Å². The monoisotopic (exact) mass is 276 g/mol. The van der Waals surface area contributed by atoms with E-state index in [9.17, 15) is 9.59 Å². The molecule has 0 bridgehead atoms. The molecule has 1 aliphatic rings. The summed E-state index contributed by atoms with van der Waals surface area (Å²) in [5, 5.41) is 2.73. The predicted octanol–water partition coefficient (Wildman–Crippen LogP) is 1.29. The molecule has 0 saturated heterocycles. The molecule has 5 heteroatoms. The van der Waals surface area contributed by atoms with Gasteiger partial charge in [-0.15, -0.1) is 0 Å². The fourth-order valence-corrected chi connectivity index (χ4v) is 2.55. The Morgan fingerprint density at radius 2 is 1.85 bits per heavy atom. The van der Waals surface area contributed by atoms with Crippen molar-refractivity contribution in [3.63, 3.8) is 0 Å². The quantitative estimate of drug-likeness (QED) is 0.812. The molecule has 1 atom stereocenters. The molecule has 1 saturated carbocycles. The molecule has 108 valence electrons.